The molecule has 3 atom stereocenters. The molecule has 7 N–H and O–H groups in total. The molecule has 128 valence electrons. The fourth-order valence-corrected chi connectivity index (χ4v) is 2.36. The minimum Gasteiger partial charge on any atom is -0.390 e. The summed E-state index contributed by atoms with van der Waals surface area (Å²) in [4.78, 5) is 36.5. The summed E-state index contributed by atoms with van der Waals surface area (Å²) in [6, 6.07) is 1.37. The third-order valence-electron chi connectivity index (χ3n) is 2.98. The summed E-state index contributed by atoms with van der Waals surface area (Å²) in [6.07, 6.45) is -1.55. The van der Waals surface area contributed by atoms with Gasteiger partial charge in [-0.2, -0.15) is 9.98 Å². The van der Waals surface area contributed by atoms with Crippen LogP contribution < -0.4 is 17.2 Å². The number of nitrogens with zero attached hydrogens (tertiary/aromatic N) is 3. The Morgan fingerprint density at radius 2 is 2.26 bits per heavy atom. The van der Waals surface area contributed by atoms with Crippen molar-refractivity contribution in [2.24, 2.45) is 16.5 Å². The van der Waals surface area contributed by atoms with Crippen LogP contribution in [0.5, 0.6) is 0 Å². The number of aliphatic hydroxyl groups excluding tert-OH is 1. The number of hydrogen-bond donors (Lipinski definition) is 5. The van der Waals surface area contributed by atoms with Gasteiger partial charge in [-0.1, -0.05) is 0 Å². The summed E-state index contributed by atoms with van der Waals surface area (Å²) in [5, 5.41) is 9.83. The van der Waals surface area contributed by atoms with E-state index >= 15 is 0 Å². The van der Waals surface area contributed by atoms with Crippen molar-refractivity contribution in [3.8, 4) is 0 Å². The maximum atomic E-state index is 11.9. The minimum absolute atomic E-state index is 0.0196. The number of guanidine groups is 1. The van der Waals surface area contributed by atoms with Crippen LogP contribution in [0.15, 0.2) is 22.1 Å². The highest BCUT2D eigenvalue weighted by atomic mass is 31.2. The summed E-state index contributed by atoms with van der Waals surface area (Å²) in [7, 11) is -4.68. The van der Waals surface area contributed by atoms with Crippen molar-refractivity contribution >= 4 is 19.6 Å². The van der Waals surface area contributed by atoms with Gasteiger partial charge in [0.05, 0.1) is 12.7 Å². The first-order valence-corrected chi connectivity index (χ1v) is 7.91. The van der Waals surface area contributed by atoms with E-state index < -0.39 is 38.6 Å². The number of phosphoric acid groups is 1. The molecule has 0 saturated carbocycles. The van der Waals surface area contributed by atoms with Gasteiger partial charge in [0.2, 0.25) is 0 Å². The number of aliphatic imine (C=N–C) groups is 1. The molecule has 1 aromatic heterocycles. The Kier molecular flexibility index (Phi) is 5.14. The van der Waals surface area contributed by atoms with Crippen molar-refractivity contribution in [2.45, 2.75) is 24.9 Å². The maximum Gasteiger partial charge on any atom is 0.469 e. The topological polar surface area (TPSA) is 196 Å². The van der Waals surface area contributed by atoms with Gasteiger partial charge in [0.1, 0.15) is 12.3 Å². The standard InChI is InChI=1S/C10H16N5O7P/c11-9(12)13-7-1-2-15(10(17)14-7)8-3-5(16)6(22-8)4-21-23(18,19)20/h1-2,5-6,8,16H,3-4H2,(H2,18,19,20)(H4,11,12,13,14,17)/t5-,6-,8-/m1/s1. The molecule has 1 aliphatic heterocycles. The highest BCUT2D eigenvalue weighted by Crippen LogP contribution is 2.38. The van der Waals surface area contributed by atoms with Gasteiger partial charge in [0, 0.05) is 12.6 Å². The van der Waals surface area contributed by atoms with Gasteiger partial charge in [0.15, 0.2) is 11.8 Å². The SMILES string of the molecule is NC(N)=Nc1ccn([C@H]2C[C@@H](O)[C@@H](COP(=O)(O)O)O2)c(=O)n1. The normalized spacial score (nSPS) is 24.6. The number of aromatic nitrogens is 2. The van der Waals surface area contributed by atoms with Crippen molar-refractivity contribution in [1.29, 1.82) is 0 Å². The second-order valence-electron chi connectivity index (χ2n) is 4.73. The van der Waals surface area contributed by atoms with Crippen LogP contribution in [0.25, 0.3) is 0 Å². The zero-order valence-corrected chi connectivity index (χ0v) is 12.6. The number of hydrogen-bond acceptors (Lipinski definition) is 7. The predicted octanol–water partition coefficient (Wildman–Crippen LogP) is -2.09. The second kappa shape index (κ2) is 6.74. The van der Waals surface area contributed by atoms with E-state index in [2.05, 4.69) is 14.5 Å². The van der Waals surface area contributed by atoms with E-state index in [1.165, 1.54) is 12.3 Å². The van der Waals surface area contributed by atoms with Crippen molar-refractivity contribution in [2.75, 3.05) is 6.61 Å². The highest BCUT2D eigenvalue weighted by molar-refractivity contribution is 7.46. The Bertz CT molecular complexity index is 697. The second-order valence-corrected chi connectivity index (χ2v) is 5.97. The smallest absolute Gasteiger partial charge is 0.390 e. The lowest BCUT2D eigenvalue weighted by Gasteiger charge is -2.16. The van der Waals surface area contributed by atoms with Crippen LogP contribution in [0, 0.1) is 0 Å². The molecule has 0 spiro atoms. The molecular formula is C10H16N5O7P. The van der Waals surface area contributed by atoms with Gasteiger partial charge in [-0.3, -0.25) is 9.09 Å². The quantitative estimate of drug-likeness (QED) is 0.223. The molecule has 2 heterocycles. The van der Waals surface area contributed by atoms with E-state index in [1.807, 2.05) is 0 Å². The van der Waals surface area contributed by atoms with E-state index in [4.69, 9.17) is 26.0 Å². The maximum absolute atomic E-state index is 11.9. The molecule has 23 heavy (non-hydrogen) atoms. The van der Waals surface area contributed by atoms with Crippen LogP contribution in [-0.2, 0) is 13.8 Å². The van der Waals surface area contributed by atoms with Crippen molar-refractivity contribution in [3.05, 3.63) is 22.7 Å². The zero-order valence-electron chi connectivity index (χ0n) is 11.7. The van der Waals surface area contributed by atoms with Crippen LogP contribution in [0.1, 0.15) is 12.6 Å². The molecule has 1 aromatic rings. The van der Waals surface area contributed by atoms with Crippen LogP contribution in [0.2, 0.25) is 0 Å². The molecule has 0 bridgehead atoms. The molecule has 1 saturated heterocycles. The van der Waals surface area contributed by atoms with Gasteiger partial charge in [0.25, 0.3) is 0 Å². The Morgan fingerprint density at radius 3 is 2.83 bits per heavy atom. The first kappa shape index (κ1) is 17.5. The number of phosphoric ester groups is 1. The third kappa shape index (κ3) is 4.82. The van der Waals surface area contributed by atoms with Gasteiger partial charge in [-0.05, 0) is 6.07 Å². The minimum atomic E-state index is -4.68. The van der Waals surface area contributed by atoms with E-state index in [0.717, 1.165) is 4.57 Å². The van der Waals surface area contributed by atoms with E-state index in [-0.39, 0.29) is 18.2 Å². The molecule has 1 aliphatic rings. The van der Waals surface area contributed by atoms with Gasteiger partial charge >= 0.3 is 13.5 Å². The van der Waals surface area contributed by atoms with Crippen molar-refractivity contribution < 1.29 is 28.7 Å². The molecule has 0 radical (unpaired) electrons. The number of rotatable bonds is 5. The summed E-state index contributed by atoms with van der Waals surface area (Å²) >= 11 is 0. The van der Waals surface area contributed by atoms with Gasteiger partial charge in [-0.25, -0.2) is 9.36 Å². The molecular weight excluding hydrogens is 333 g/mol. The molecule has 0 aliphatic carbocycles. The van der Waals surface area contributed by atoms with Crippen LogP contribution >= 0.6 is 7.82 Å². The molecule has 0 aromatic carbocycles. The van der Waals surface area contributed by atoms with Crippen LogP contribution in [0.4, 0.5) is 5.82 Å². The van der Waals surface area contributed by atoms with Crippen LogP contribution in [0.3, 0.4) is 0 Å². The van der Waals surface area contributed by atoms with Crippen LogP contribution in [-0.4, -0.2) is 49.2 Å². The Labute approximate surface area is 129 Å². The Hall–Kier alpha value is -1.82. The zero-order chi connectivity index (χ0) is 17.2. The lowest BCUT2D eigenvalue weighted by Crippen LogP contribution is -2.28. The van der Waals surface area contributed by atoms with E-state index in [1.54, 1.807) is 0 Å². The number of aliphatic hydroxyl groups is 1. The summed E-state index contributed by atoms with van der Waals surface area (Å²) < 4.78 is 21.4. The number of ether oxygens (including phenoxy) is 1. The Morgan fingerprint density at radius 1 is 1.57 bits per heavy atom. The predicted molar refractivity (Wildman–Crippen MR) is 76.5 cm³/mol. The average Bonchev–Trinajstić information content (AvgIpc) is 2.76. The third-order valence-corrected chi connectivity index (χ3v) is 3.47. The lowest BCUT2D eigenvalue weighted by atomic mass is 10.2. The first-order chi connectivity index (χ1) is 10.7. The molecule has 0 unspecified atom stereocenters. The van der Waals surface area contributed by atoms with E-state index in [0.29, 0.717) is 0 Å². The monoisotopic (exact) mass is 349 g/mol. The molecule has 13 heteroatoms. The summed E-state index contributed by atoms with van der Waals surface area (Å²) in [6.45, 7) is -0.518. The van der Waals surface area contributed by atoms with E-state index in [9.17, 15) is 14.5 Å². The summed E-state index contributed by atoms with van der Waals surface area (Å²) in [5.74, 6) is -0.233. The molecule has 12 nitrogen and oxygen atoms in total. The largest absolute Gasteiger partial charge is 0.469 e. The molecule has 1 fully saturated rings. The molecule has 0 amide bonds. The lowest BCUT2D eigenvalue weighted by molar-refractivity contribution is -0.0450. The summed E-state index contributed by atoms with van der Waals surface area (Å²) in [5.41, 5.74) is 9.66. The fraction of sp³-hybridized carbons (Fsp3) is 0.500. The number of nitrogens with two attached hydrogens (primary N) is 2. The Balaban J connectivity index is 2.10. The molecule has 2 rings (SSSR count). The highest BCUT2D eigenvalue weighted by Gasteiger charge is 2.37. The van der Waals surface area contributed by atoms with Gasteiger partial charge < -0.3 is 31.1 Å². The van der Waals surface area contributed by atoms with Gasteiger partial charge in [-0.15, -0.1) is 0 Å². The first-order valence-electron chi connectivity index (χ1n) is 6.38. The fourth-order valence-electron chi connectivity index (χ4n) is 2.02. The average molecular weight is 349 g/mol. The van der Waals surface area contributed by atoms with Crippen molar-refractivity contribution in [3.63, 3.8) is 0 Å². The van der Waals surface area contributed by atoms with Crippen molar-refractivity contribution in [1.82, 2.24) is 9.55 Å².